The molecule has 1 saturated heterocycles. The third-order valence-corrected chi connectivity index (χ3v) is 7.37. The van der Waals surface area contributed by atoms with Crippen LogP contribution in [0.4, 0.5) is 4.39 Å². The number of nitrogens with one attached hydrogen (secondary N) is 2. The van der Waals surface area contributed by atoms with E-state index in [0.717, 1.165) is 54.0 Å². The number of benzene rings is 1. The number of aryl methyl sites for hydroxylation is 1. The number of rotatable bonds is 11. The van der Waals surface area contributed by atoms with Gasteiger partial charge in [0, 0.05) is 39.0 Å². The van der Waals surface area contributed by atoms with Gasteiger partial charge in [-0.15, -0.1) is 0 Å². The van der Waals surface area contributed by atoms with Gasteiger partial charge >= 0.3 is 0 Å². The molecule has 2 heterocycles. The number of nitrogens with zero attached hydrogens (tertiary/aromatic N) is 3. The monoisotopic (exact) mass is 545 g/mol. The molecule has 1 aromatic carbocycles. The van der Waals surface area contributed by atoms with Crippen molar-refractivity contribution in [2.75, 3.05) is 19.7 Å². The Balaban J connectivity index is 1.76. The zero-order chi connectivity index (χ0) is 27.7. The zero-order valence-electron chi connectivity index (χ0n) is 22.4. The molecule has 9 nitrogen and oxygen atoms in total. The van der Waals surface area contributed by atoms with E-state index in [4.69, 9.17) is 9.47 Å². The van der Waals surface area contributed by atoms with E-state index in [1.165, 1.54) is 12.1 Å². The Labute approximate surface area is 223 Å². The average molecular weight is 546 g/mol. The molecule has 0 saturated carbocycles. The topological polar surface area (TPSA) is 106 Å². The van der Waals surface area contributed by atoms with Crippen LogP contribution in [0, 0.1) is 5.82 Å². The molecule has 0 spiro atoms. The maximum absolute atomic E-state index is 13.2. The van der Waals surface area contributed by atoms with Gasteiger partial charge in [-0.1, -0.05) is 6.92 Å². The SMILES string of the molecule is CCO/C(=N/C=C(\C)c1cc/c(=N/C=C(\CC)OC2CNC2)n(C)c1)C(C)NS(=O)(=O)c1ccc(F)cc1. The Morgan fingerprint density at radius 1 is 1.21 bits per heavy atom. The summed E-state index contributed by atoms with van der Waals surface area (Å²) in [6, 6.07) is 7.72. The van der Waals surface area contributed by atoms with E-state index in [9.17, 15) is 12.8 Å². The van der Waals surface area contributed by atoms with Crippen molar-refractivity contribution in [2.45, 2.75) is 51.2 Å². The van der Waals surface area contributed by atoms with Gasteiger partial charge in [0.25, 0.3) is 0 Å². The van der Waals surface area contributed by atoms with Crippen molar-refractivity contribution in [3.8, 4) is 0 Å². The molecule has 3 rings (SSSR count). The predicted octanol–water partition coefficient (Wildman–Crippen LogP) is 3.47. The largest absolute Gasteiger partial charge is 0.491 e. The highest BCUT2D eigenvalue weighted by atomic mass is 32.2. The predicted molar refractivity (Wildman–Crippen MR) is 146 cm³/mol. The number of aromatic nitrogens is 1. The van der Waals surface area contributed by atoms with Crippen LogP contribution in [-0.2, 0) is 26.5 Å². The van der Waals surface area contributed by atoms with Gasteiger partial charge in [0.15, 0.2) is 0 Å². The van der Waals surface area contributed by atoms with Crippen molar-refractivity contribution in [3.05, 3.63) is 77.6 Å². The van der Waals surface area contributed by atoms with Crippen LogP contribution >= 0.6 is 0 Å². The minimum absolute atomic E-state index is 0.0427. The summed E-state index contributed by atoms with van der Waals surface area (Å²) < 4.78 is 54.5. The smallest absolute Gasteiger partial charge is 0.241 e. The van der Waals surface area contributed by atoms with E-state index >= 15 is 0 Å². The molecule has 38 heavy (non-hydrogen) atoms. The second-order valence-electron chi connectivity index (χ2n) is 8.87. The molecule has 2 aromatic rings. The molecular formula is C27H36FN5O4S. The molecule has 0 bridgehead atoms. The molecule has 1 aliphatic heterocycles. The van der Waals surface area contributed by atoms with Crippen LogP contribution in [0.25, 0.3) is 5.57 Å². The fourth-order valence-corrected chi connectivity index (χ4v) is 4.69. The molecule has 206 valence electrons. The lowest BCUT2D eigenvalue weighted by atomic mass is 10.1. The molecule has 0 amide bonds. The maximum atomic E-state index is 13.2. The molecule has 1 unspecified atom stereocenters. The summed E-state index contributed by atoms with van der Waals surface area (Å²) in [5, 5.41) is 3.19. The molecule has 1 aliphatic rings. The minimum atomic E-state index is -3.89. The quantitative estimate of drug-likeness (QED) is 0.256. The van der Waals surface area contributed by atoms with Crippen molar-refractivity contribution in [3.63, 3.8) is 0 Å². The summed E-state index contributed by atoms with van der Waals surface area (Å²) in [6.45, 7) is 9.40. The minimum Gasteiger partial charge on any atom is -0.491 e. The van der Waals surface area contributed by atoms with Gasteiger partial charge in [0.1, 0.15) is 23.2 Å². The summed E-state index contributed by atoms with van der Waals surface area (Å²) in [6.07, 6.45) is 6.32. The second kappa shape index (κ2) is 13.5. The van der Waals surface area contributed by atoms with E-state index in [2.05, 4.69) is 20.0 Å². The van der Waals surface area contributed by atoms with Crippen LogP contribution in [0.5, 0.6) is 0 Å². The third-order valence-electron chi connectivity index (χ3n) is 5.82. The van der Waals surface area contributed by atoms with Gasteiger partial charge in [0.05, 0.1) is 23.7 Å². The lowest BCUT2D eigenvalue weighted by Crippen LogP contribution is -2.48. The number of halogens is 1. The molecule has 0 aliphatic carbocycles. The van der Waals surface area contributed by atoms with E-state index in [1.54, 1.807) is 26.2 Å². The van der Waals surface area contributed by atoms with Gasteiger partial charge in [-0.05, 0) is 68.3 Å². The van der Waals surface area contributed by atoms with E-state index < -0.39 is 21.9 Å². The van der Waals surface area contributed by atoms with Crippen molar-refractivity contribution in [2.24, 2.45) is 17.0 Å². The maximum Gasteiger partial charge on any atom is 0.241 e. The average Bonchev–Trinajstić information content (AvgIpc) is 2.86. The van der Waals surface area contributed by atoms with Crippen LogP contribution < -0.4 is 15.5 Å². The number of aliphatic imine (C=N–C) groups is 1. The summed E-state index contributed by atoms with van der Waals surface area (Å²) in [4.78, 5) is 8.96. The Hall–Kier alpha value is -3.28. The fraction of sp³-hybridized carbons (Fsp3) is 0.407. The fourth-order valence-electron chi connectivity index (χ4n) is 3.49. The number of sulfonamides is 1. The molecular weight excluding hydrogens is 509 g/mol. The molecule has 1 aromatic heterocycles. The van der Waals surface area contributed by atoms with Crippen LogP contribution in [0.1, 0.15) is 39.7 Å². The van der Waals surface area contributed by atoms with Crippen LogP contribution in [0.2, 0.25) is 0 Å². The highest BCUT2D eigenvalue weighted by Crippen LogP contribution is 2.14. The summed E-state index contributed by atoms with van der Waals surface area (Å²) >= 11 is 0. The summed E-state index contributed by atoms with van der Waals surface area (Å²) in [7, 11) is -1.98. The van der Waals surface area contributed by atoms with Crippen molar-refractivity contribution < 1.29 is 22.3 Å². The first-order valence-electron chi connectivity index (χ1n) is 12.5. The number of hydrogen-bond acceptors (Lipinski definition) is 7. The summed E-state index contributed by atoms with van der Waals surface area (Å²) in [5.74, 6) is 0.549. The van der Waals surface area contributed by atoms with Crippen molar-refractivity contribution >= 4 is 21.5 Å². The van der Waals surface area contributed by atoms with Gasteiger partial charge in [-0.2, -0.15) is 4.72 Å². The highest BCUT2D eigenvalue weighted by Gasteiger charge is 2.22. The Bertz CT molecular complexity index is 1360. The lowest BCUT2D eigenvalue weighted by Gasteiger charge is -2.28. The molecule has 1 atom stereocenters. The second-order valence-corrected chi connectivity index (χ2v) is 10.6. The van der Waals surface area contributed by atoms with Crippen molar-refractivity contribution in [1.29, 1.82) is 0 Å². The van der Waals surface area contributed by atoms with Crippen LogP contribution in [0.15, 0.2) is 75.6 Å². The van der Waals surface area contributed by atoms with Gasteiger partial charge in [-0.25, -0.2) is 22.8 Å². The third kappa shape index (κ3) is 8.11. The van der Waals surface area contributed by atoms with Gasteiger partial charge in [-0.3, -0.25) is 0 Å². The van der Waals surface area contributed by atoms with Gasteiger partial charge in [0.2, 0.25) is 15.9 Å². The molecule has 0 radical (unpaired) electrons. The van der Waals surface area contributed by atoms with E-state index in [0.29, 0.717) is 6.61 Å². The molecule has 1 fully saturated rings. The van der Waals surface area contributed by atoms with E-state index in [-0.39, 0.29) is 16.9 Å². The van der Waals surface area contributed by atoms with Crippen LogP contribution in [-0.4, -0.2) is 50.7 Å². The van der Waals surface area contributed by atoms with Crippen LogP contribution in [0.3, 0.4) is 0 Å². The summed E-state index contributed by atoms with van der Waals surface area (Å²) in [5.41, 5.74) is 2.54. The highest BCUT2D eigenvalue weighted by molar-refractivity contribution is 7.89. The normalized spacial score (nSPS) is 16.8. The number of hydrogen-bond donors (Lipinski definition) is 2. The first-order chi connectivity index (χ1) is 18.1. The molecule has 2 N–H and O–H groups in total. The van der Waals surface area contributed by atoms with Crippen molar-refractivity contribution in [1.82, 2.24) is 14.6 Å². The Morgan fingerprint density at radius 3 is 2.50 bits per heavy atom. The Morgan fingerprint density at radius 2 is 1.92 bits per heavy atom. The standard InChI is InChI=1S/C27H36FN5O4S/c1-6-23(37-24-15-29-16-24)17-30-26-13-8-21(18-33(26)5)19(3)14-31-27(36-7-2)20(4)32-38(34,35)25-11-9-22(28)10-12-25/h8-14,17-18,20,24,29,32H,6-7,15-16H2,1-5H3/b19-14+,23-17+,30-26-,31-27+. The number of allylic oxidation sites excluding steroid dienone is 2. The molecule has 11 heteroatoms. The van der Waals surface area contributed by atoms with E-state index in [1.807, 2.05) is 43.8 Å². The number of ether oxygens (including phenoxy) is 2. The first kappa shape index (κ1) is 29.3. The number of pyridine rings is 1. The zero-order valence-corrected chi connectivity index (χ0v) is 23.3. The van der Waals surface area contributed by atoms with Gasteiger partial charge < -0.3 is 19.4 Å². The lowest BCUT2D eigenvalue weighted by molar-refractivity contribution is 0.0668. The first-order valence-corrected chi connectivity index (χ1v) is 14.0. The Kier molecular flexibility index (Phi) is 10.4.